The molecule has 0 aliphatic carbocycles. The van der Waals surface area contributed by atoms with Crippen LogP contribution in [0.15, 0.2) is 64.4 Å². The molecule has 0 radical (unpaired) electrons. The van der Waals surface area contributed by atoms with Gasteiger partial charge in [-0.3, -0.25) is 0 Å². The number of hydrogen-bond donors (Lipinski definition) is 2. The number of benzene rings is 2. The van der Waals surface area contributed by atoms with Crippen LogP contribution in [0.3, 0.4) is 0 Å². The van der Waals surface area contributed by atoms with E-state index in [1.54, 1.807) is 54.6 Å². The lowest BCUT2D eigenvalue weighted by atomic mass is 10.1. The van der Waals surface area contributed by atoms with Crippen molar-refractivity contribution >= 4 is 9.84 Å². The highest BCUT2D eigenvalue weighted by atomic mass is 32.2. The molecular formula is C15H17NO3S. The van der Waals surface area contributed by atoms with Crippen LogP contribution < -0.4 is 5.73 Å². The Bertz CT molecular complexity index is 651. The van der Waals surface area contributed by atoms with E-state index in [4.69, 9.17) is 10.8 Å². The van der Waals surface area contributed by atoms with Crippen molar-refractivity contribution in [2.24, 2.45) is 5.73 Å². The molecule has 0 saturated carbocycles. The third kappa shape index (κ3) is 3.07. The molecule has 0 aliphatic heterocycles. The predicted molar refractivity (Wildman–Crippen MR) is 77.0 cm³/mol. The van der Waals surface area contributed by atoms with Gasteiger partial charge in [-0.1, -0.05) is 30.3 Å². The Balaban J connectivity index is 2.31. The van der Waals surface area contributed by atoms with Crippen LogP contribution in [0.25, 0.3) is 0 Å². The maximum Gasteiger partial charge on any atom is 0.206 e. The van der Waals surface area contributed by atoms with Crippen molar-refractivity contribution in [1.82, 2.24) is 0 Å². The molecule has 0 saturated heterocycles. The molecule has 1 atom stereocenters. The highest BCUT2D eigenvalue weighted by Gasteiger charge is 2.17. The summed E-state index contributed by atoms with van der Waals surface area (Å²) in [7, 11) is -3.48. The van der Waals surface area contributed by atoms with E-state index in [-0.39, 0.29) is 22.4 Å². The van der Waals surface area contributed by atoms with Crippen LogP contribution in [0.1, 0.15) is 18.0 Å². The molecule has 0 aliphatic rings. The fraction of sp³-hybridized carbons (Fsp3) is 0.200. The van der Waals surface area contributed by atoms with Gasteiger partial charge in [-0.2, -0.15) is 0 Å². The Hall–Kier alpha value is -1.69. The van der Waals surface area contributed by atoms with E-state index >= 15 is 0 Å². The lowest BCUT2D eigenvalue weighted by molar-refractivity contribution is 0.276. The van der Waals surface area contributed by atoms with Gasteiger partial charge in [0.1, 0.15) is 0 Å². The molecule has 0 aromatic heterocycles. The van der Waals surface area contributed by atoms with Crippen molar-refractivity contribution in [1.29, 1.82) is 0 Å². The average Bonchev–Trinajstić information content (AvgIpc) is 2.48. The van der Waals surface area contributed by atoms with Crippen molar-refractivity contribution in [2.75, 3.05) is 6.61 Å². The minimum absolute atomic E-state index is 0.00519. The normalized spacial score (nSPS) is 13.1. The summed E-state index contributed by atoms with van der Waals surface area (Å²) in [4.78, 5) is 0.510. The molecule has 2 aromatic carbocycles. The molecule has 0 bridgehead atoms. The van der Waals surface area contributed by atoms with Crippen LogP contribution in [0.2, 0.25) is 0 Å². The fourth-order valence-electron chi connectivity index (χ4n) is 1.94. The quantitative estimate of drug-likeness (QED) is 0.881. The molecule has 2 rings (SSSR count). The zero-order chi connectivity index (χ0) is 14.6. The number of rotatable bonds is 5. The van der Waals surface area contributed by atoms with Crippen molar-refractivity contribution in [3.05, 3.63) is 60.2 Å². The summed E-state index contributed by atoms with van der Waals surface area (Å²) in [6.07, 6.45) is 0.449. The van der Waals surface area contributed by atoms with E-state index in [2.05, 4.69) is 0 Å². The summed E-state index contributed by atoms with van der Waals surface area (Å²) in [6, 6.07) is 14.5. The Morgan fingerprint density at radius 1 is 0.950 bits per heavy atom. The van der Waals surface area contributed by atoms with Gasteiger partial charge in [-0.25, -0.2) is 8.42 Å². The molecule has 2 aromatic rings. The van der Waals surface area contributed by atoms with Crippen LogP contribution in [0.5, 0.6) is 0 Å². The van der Waals surface area contributed by atoms with Crippen LogP contribution >= 0.6 is 0 Å². The Morgan fingerprint density at radius 3 is 2.05 bits per heavy atom. The standard InChI is InChI=1S/C15H17NO3S/c16-15(10-11-17)12-6-8-14(9-7-12)20(18,19)13-4-2-1-3-5-13/h1-9,15,17H,10-11,16H2. The second-order valence-corrected chi connectivity index (χ2v) is 6.45. The number of hydrogen-bond acceptors (Lipinski definition) is 4. The molecule has 0 amide bonds. The third-order valence-corrected chi connectivity index (χ3v) is 4.90. The van der Waals surface area contributed by atoms with Crippen LogP contribution in [0, 0.1) is 0 Å². The molecule has 1 unspecified atom stereocenters. The summed E-state index contributed by atoms with van der Waals surface area (Å²) in [5, 5.41) is 8.85. The van der Waals surface area contributed by atoms with E-state index in [0.29, 0.717) is 6.42 Å². The highest BCUT2D eigenvalue weighted by Crippen LogP contribution is 2.22. The smallest absolute Gasteiger partial charge is 0.206 e. The van der Waals surface area contributed by atoms with Crippen molar-refractivity contribution < 1.29 is 13.5 Å². The van der Waals surface area contributed by atoms with Gasteiger partial charge in [0.25, 0.3) is 0 Å². The second kappa shape index (κ2) is 6.17. The maximum atomic E-state index is 12.4. The largest absolute Gasteiger partial charge is 0.396 e. The Kier molecular flexibility index (Phi) is 4.54. The van der Waals surface area contributed by atoms with Gasteiger partial charge in [-0.05, 0) is 36.2 Å². The molecule has 5 heteroatoms. The number of nitrogens with two attached hydrogens (primary N) is 1. The van der Waals surface area contributed by atoms with Gasteiger partial charge in [0.05, 0.1) is 9.79 Å². The first-order valence-electron chi connectivity index (χ1n) is 6.32. The first-order valence-corrected chi connectivity index (χ1v) is 7.80. The van der Waals surface area contributed by atoms with E-state index in [9.17, 15) is 8.42 Å². The molecule has 3 N–H and O–H groups in total. The molecule has 0 spiro atoms. The number of aliphatic hydroxyl groups excluding tert-OH is 1. The summed E-state index contributed by atoms with van der Waals surface area (Å²) in [6.45, 7) is 0.00519. The minimum Gasteiger partial charge on any atom is -0.396 e. The molecular weight excluding hydrogens is 274 g/mol. The monoisotopic (exact) mass is 291 g/mol. The van der Waals surface area contributed by atoms with E-state index < -0.39 is 9.84 Å². The maximum absolute atomic E-state index is 12.4. The Labute approximate surface area is 118 Å². The van der Waals surface area contributed by atoms with Gasteiger partial charge < -0.3 is 10.8 Å². The number of aliphatic hydroxyl groups is 1. The number of sulfone groups is 1. The molecule has 4 nitrogen and oxygen atoms in total. The fourth-order valence-corrected chi connectivity index (χ4v) is 3.22. The van der Waals surface area contributed by atoms with Crippen molar-refractivity contribution in [2.45, 2.75) is 22.3 Å². The molecule has 20 heavy (non-hydrogen) atoms. The van der Waals surface area contributed by atoms with E-state index in [1.807, 2.05) is 0 Å². The van der Waals surface area contributed by atoms with Gasteiger partial charge >= 0.3 is 0 Å². The lowest BCUT2D eigenvalue weighted by Gasteiger charge is -2.11. The molecule has 0 heterocycles. The van der Waals surface area contributed by atoms with Crippen molar-refractivity contribution in [3.63, 3.8) is 0 Å². The summed E-state index contributed by atoms with van der Waals surface area (Å²) >= 11 is 0. The van der Waals surface area contributed by atoms with Gasteiger partial charge in [-0.15, -0.1) is 0 Å². The average molecular weight is 291 g/mol. The van der Waals surface area contributed by atoms with Crippen molar-refractivity contribution in [3.8, 4) is 0 Å². The lowest BCUT2D eigenvalue weighted by Crippen LogP contribution is -2.12. The van der Waals surface area contributed by atoms with Crippen LogP contribution in [0.4, 0.5) is 0 Å². The molecule has 0 fully saturated rings. The third-order valence-electron chi connectivity index (χ3n) is 3.11. The van der Waals surface area contributed by atoms with Gasteiger partial charge in [0, 0.05) is 12.6 Å². The zero-order valence-electron chi connectivity index (χ0n) is 10.9. The summed E-state index contributed by atoms with van der Waals surface area (Å²) < 4.78 is 24.7. The predicted octanol–water partition coefficient (Wildman–Crippen LogP) is 1.90. The van der Waals surface area contributed by atoms with Gasteiger partial charge in [0.2, 0.25) is 9.84 Å². The second-order valence-electron chi connectivity index (χ2n) is 4.50. The first kappa shape index (κ1) is 14.7. The molecule has 106 valence electrons. The SMILES string of the molecule is NC(CCO)c1ccc(S(=O)(=O)c2ccccc2)cc1. The summed E-state index contributed by atoms with van der Waals surface area (Å²) in [5.74, 6) is 0. The highest BCUT2D eigenvalue weighted by molar-refractivity contribution is 7.91. The minimum atomic E-state index is -3.48. The van der Waals surface area contributed by atoms with Crippen LogP contribution in [-0.2, 0) is 9.84 Å². The zero-order valence-corrected chi connectivity index (χ0v) is 11.8. The topological polar surface area (TPSA) is 80.4 Å². The first-order chi connectivity index (χ1) is 9.55. The van der Waals surface area contributed by atoms with E-state index in [1.165, 1.54) is 0 Å². The Morgan fingerprint density at radius 2 is 1.50 bits per heavy atom. The van der Waals surface area contributed by atoms with Crippen LogP contribution in [-0.4, -0.2) is 20.1 Å². The van der Waals surface area contributed by atoms with E-state index in [0.717, 1.165) is 5.56 Å². The van der Waals surface area contributed by atoms with Gasteiger partial charge in [0.15, 0.2) is 0 Å². The summed E-state index contributed by atoms with van der Waals surface area (Å²) in [5.41, 5.74) is 6.68.